The van der Waals surface area contributed by atoms with Gasteiger partial charge in [-0.05, 0) is 43.9 Å². The summed E-state index contributed by atoms with van der Waals surface area (Å²) in [6, 6.07) is 5.66. The number of nitrogens with one attached hydrogen (secondary N) is 1. The van der Waals surface area contributed by atoms with E-state index in [4.69, 9.17) is 0 Å². The van der Waals surface area contributed by atoms with Crippen molar-refractivity contribution in [3.8, 4) is 0 Å². The lowest BCUT2D eigenvalue weighted by Crippen LogP contribution is -2.41. The Kier molecular flexibility index (Phi) is 6.37. The van der Waals surface area contributed by atoms with E-state index >= 15 is 0 Å². The molecular weight excluding hydrogens is 444 g/mol. The van der Waals surface area contributed by atoms with E-state index in [0.29, 0.717) is 36.6 Å². The maximum absolute atomic E-state index is 12.9. The van der Waals surface area contributed by atoms with Crippen LogP contribution in [-0.2, 0) is 19.4 Å². The second kappa shape index (κ2) is 8.40. The molecule has 1 N–H and O–H groups in total. The number of aromatic nitrogens is 2. The summed E-state index contributed by atoms with van der Waals surface area (Å²) in [6.45, 7) is 1.96. The van der Waals surface area contributed by atoms with Gasteiger partial charge in [0.05, 0.1) is 5.56 Å². The number of rotatable bonds is 4. The summed E-state index contributed by atoms with van der Waals surface area (Å²) in [5.41, 5.74) is -2.01. The number of benzene rings is 1. The summed E-state index contributed by atoms with van der Waals surface area (Å²) in [4.78, 5) is 12.9. The average molecular weight is 465 g/mol. The van der Waals surface area contributed by atoms with Gasteiger partial charge in [-0.3, -0.25) is 9.48 Å². The van der Waals surface area contributed by atoms with E-state index in [-0.39, 0.29) is 16.5 Å². The van der Waals surface area contributed by atoms with Gasteiger partial charge in [-0.25, -0.2) is 0 Å². The molecule has 0 aliphatic heterocycles. The first-order valence-corrected chi connectivity index (χ1v) is 10.4. The highest BCUT2D eigenvalue weighted by atomic mass is 32.2. The zero-order chi connectivity index (χ0) is 23.0. The molecule has 170 valence electrons. The van der Waals surface area contributed by atoms with Crippen molar-refractivity contribution >= 4 is 17.7 Å². The van der Waals surface area contributed by atoms with E-state index in [1.54, 1.807) is 6.07 Å². The Morgan fingerprint density at radius 1 is 1.13 bits per heavy atom. The summed E-state index contributed by atoms with van der Waals surface area (Å²) < 4.78 is 77.7. The first-order chi connectivity index (χ1) is 14.3. The molecule has 0 saturated heterocycles. The predicted molar refractivity (Wildman–Crippen MR) is 104 cm³/mol. The van der Waals surface area contributed by atoms with Gasteiger partial charge in [-0.1, -0.05) is 13.0 Å². The van der Waals surface area contributed by atoms with Gasteiger partial charge in [0.2, 0.25) is 0 Å². The number of aryl methyl sites for hydroxylation is 1. The van der Waals surface area contributed by atoms with Gasteiger partial charge in [-0.15, -0.1) is 11.8 Å². The lowest BCUT2D eigenvalue weighted by Gasteiger charge is -2.37. The summed E-state index contributed by atoms with van der Waals surface area (Å²) >= 11 is 1.37. The van der Waals surface area contributed by atoms with E-state index in [0.717, 1.165) is 16.8 Å². The van der Waals surface area contributed by atoms with Crippen molar-refractivity contribution in [2.75, 3.05) is 0 Å². The first kappa shape index (κ1) is 23.5. The Balaban J connectivity index is 1.59. The van der Waals surface area contributed by atoms with E-state index < -0.39 is 29.5 Å². The molecule has 1 aliphatic rings. The topological polar surface area (TPSA) is 46.9 Å². The molecule has 0 unspecified atom stereocenters. The van der Waals surface area contributed by atoms with Crippen LogP contribution in [0.1, 0.15) is 54.4 Å². The van der Waals surface area contributed by atoms with Crippen molar-refractivity contribution in [3.05, 3.63) is 47.3 Å². The van der Waals surface area contributed by atoms with Crippen LogP contribution in [0.15, 0.2) is 35.2 Å². The molecule has 1 aromatic carbocycles. The SMILES string of the molecule is Cn1nc(C(F)(F)F)cc1C(=O)NC1CCC(C)(Sc2cccc(C(F)(F)F)c2)CC1. The van der Waals surface area contributed by atoms with Crippen LogP contribution in [0, 0.1) is 0 Å². The van der Waals surface area contributed by atoms with E-state index in [2.05, 4.69) is 10.4 Å². The largest absolute Gasteiger partial charge is 0.435 e. The van der Waals surface area contributed by atoms with Crippen LogP contribution < -0.4 is 5.32 Å². The van der Waals surface area contributed by atoms with Crippen molar-refractivity contribution in [2.45, 2.75) is 60.6 Å². The van der Waals surface area contributed by atoms with E-state index in [9.17, 15) is 31.1 Å². The number of amides is 1. The third-order valence-corrected chi connectivity index (χ3v) is 6.70. The Labute approximate surface area is 179 Å². The molecule has 0 atom stereocenters. The van der Waals surface area contributed by atoms with E-state index in [1.165, 1.54) is 24.9 Å². The van der Waals surface area contributed by atoms with Crippen LogP contribution in [0.4, 0.5) is 26.3 Å². The number of alkyl halides is 6. The quantitative estimate of drug-likeness (QED) is 0.591. The molecule has 0 spiro atoms. The number of thioether (sulfide) groups is 1. The fourth-order valence-electron chi connectivity index (χ4n) is 3.57. The van der Waals surface area contributed by atoms with Crippen LogP contribution in [0.25, 0.3) is 0 Å². The Bertz CT molecular complexity index is 945. The molecule has 1 heterocycles. The average Bonchev–Trinajstić information content (AvgIpc) is 3.05. The Morgan fingerprint density at radius 3 is 2.32 bits per heavy atom. The highest BCUT2D eigenvalue weighted by molar-refractivity contribution is 8.00. The minimum atomic E-state index is -4.64. The number of nitrogens with zero attached hydrogens (tertiary/aromatic N) is 2. The van der Waals surface area contributed by atoms with Crippen molar-refractivity contribution in [3.63, 3.8) is 0 Å². The molecule has 0 bridgehead atoms. The van der Waals surface area contributed by atoms with Crippen molar-refractivity contribution in [1.29, 1.82) is 0 Å². The van der Waals surface area contributed by atoms with Gasteiger partial charge in [0.15, 0.2) is 5.69 Å². The fraction of sp³-hybridized carbons (Fsp3) is 0.500. The second-order valence-electron chi connectivity index (χ2n) is 7.86. The summed E-state index contributed by atoms with van der Waals surface area (Å²) in [5.74, 6) is -0.635. The Morgan fingerprint density at radius 2 is 1.77 bits per heavy atom. The van der Waals surface area contributed by atoms with E-state index in [1.807, 2.05) is 6.92 Å². The number of carbonyl (C=O) groups excluding carboxylic acids is 1. The van der Waals surface area contributed by atoms with Crippen LogP contribution in [0.2, 0.25) is 0 Å². The third kappa shape index (κ3) is 5.75. The molecule has 1 saturated carbocycles. The van der Waals surface area contributed by atoms with Gasteiger partial charge in [0, 0.05) is 28.8 Å². The van der Waals surface area contributed by atoms with Crippen molar-refractivity contribution in [1.82, 2.24) is 15.1 Å². The molecule has 1 aromatic heterocycles. The van der Waals surface area contributed by atoms with Gasteiger partial charge >= 0.3 is 12.4 Å². The lowest BCUT2D eigenvalue weighted by molar-refractivity contribution is -0.141. The normalized spacial score (nSPS) is 22.4. The molecule has 2 aromatic rings. The summed E-state index contributed by atoms with van der Waals surface area (Å²) in [7, 11) is 1.27. The fourth-order valence-corrected chi connectivity index (χ4v) is 4.91. The number of halogens is 6. The van der Waals surface area contributed by atoms with Gasteiger partial charge in [0.1, 0.15) is 5.69 Å². The minimum absolute atomic E-state index is 0.181. The highest BCUT2D eigenvalue weighted by Gasteiger charge is 2.37. The van der Waals surface area contributed by atoms with Gasteiger partial charge < -0.3 is 5.32 Å². The smallest absolute Gasteiger partial charge is 0.348 e. The maximum Gasteiger partial charge on any atom is 0.435 e. The molecule has 31 heavy (non-hydrogen) atoms. The van der Waals surface area contributed by atoms with Gasteiger partial charge in [0.25, 0.3) is 5.91 Å². The summed E-state index contributed by atoms with van der Waals surface area (Å²) in [5, 5.41) is 6.08. The zero-order valence-electron chi connectivity index (χ0n) is 16.8. The molecule has 1 aliphatic carbocycles. The first-order valence-electron chi connectivity index (χ1n) is 9.55. The molecule has 11 heteroatoms. The van der Waals surface area contributed by atoms with Gasteiger partial charge in [-0.2, -0.15) is 31.4 Å². The maximum atomic E-state index is 12.9. The Hall–Kier alpha value is -2.17. The second-order valence-corrected chi connectivity index (χ2v) is 9.52. The minimum Gasteiger partial charge on any atom is -0.348 e. The van der Waals surface area contributed by atoms with Crippen LogP contribution in [0.5, 0.6) is 0 Å². The molecule has 4 nitrogen and oxygen atoms in total. The van der Waals surface area contributed by atoms with Crippen molar-refractivity contribution < 1.29 is 31.1 Å². The number of carbonyl (C=O) groups is 1. The predicted octanol–water partition coefficient (Wildman–Crippen LogP) is 5.68. The lowest BCUT2D eigenvalue weighted by atomic mass is 9.86. The van der Waals surface area contributed by atoms with Crippen molar-refractivity contribution in [2.24, 2.45) is 7.05 Å². The summed E-state index contributed by atoms with van der Waals surface area (Å²) in [6.07, 6.45) is -6.63. The third-order valence-electron chi connectivity index (χ3n) is 5.31. The molecular formula is C20H21F6N3OS. The monoisotopic (exact) mass is 465 g/mol. The highest BCUT2D eigenvalue weighted by Crippen LogP contribution is 2.44. The molecule has 3 rings (SSSR count). The molecule has 0 radical (unpaired) electrons. The zero-order valence-corrected chi connectivity index (χ0v) is 17.6. The number of hydrogen-bond acceptors (Lipinski definition) is 3. The standard InChI is InChI=1S/C20H21F6N3OS/c1-18(31-14-5-3-4-12(10-14)19(21,22)23)8-6-13(7-9-18)27-17(30)15-11-16(20(24,25)26)28-29(15)2/h3-5,10-11,13H,6-9H2,1-2H3,(H,27,30). The molecule has 1 fully saturated rings. The number of hydrogen-bond donors (Lipinski definition) is 1. The molecule has 1 amide bonds. The van der Waals surface area contributed by atoms with Crippen LogP contribution in [-0.4, -0.2) is 26.5 Å². The van der Waals surface area contributed by atoms with Crippen LogP contribution >= 0.6 is 11.8 Å². The van der Waals surface area contributed by atoms with Crippen LogP contribution in [0.3, 0.4) is 0 Å².